The number of ether oxygens (including phenoxy) is 2. The number of carbonyl (C=O) groups is 2. The molecule has 0 spiro atoms. The molecule has 0 aromatic heterocycles. The van der Waals surface area contributed by atoms with Crippen molar-refractivity contribution in [3.8, 4) is 0 Å². The summed E-state index contributed by atoms with van der Waals surface area (Å²) in [4.78, 5) is 24.1. The Balaban J connectivity index is 2.16. The summed E-state index contributed by atoms with van der Waals surface area (Å²) in [5, 5.41) is 17.4. The number of hydrogen-bond acceptors (Lipinski definition) is 6. The minimum absolute atomic E-state index is 0.251. The Kier molecular flexibility index (Phi) is 15.6. The Hall–Kier alpha value is -1.92. The summed E-state index contributed by atoms with van der Waals surface area (Å²) in [7, 11) is 0. The molecular formula is C24H38O6. The summed E-state index contributed by atoms with van der Waals surface area (Å²) in [6.45, 7) is 1.28. The summed E-state index contributed by atoms with van der Waals surface area (Å²) in [5.41, 5.74) is 0.856. The first-order valence-electron chi connectivity index (χ1n) is 11.3. The number of rotatable bonds is 18. The second kappa shape index (κ2) is 17.9. The van der Waals surface area contributed by atoms with Crippen LogP contribution in [-0.4, -0.2) is 48.6 Å². The molecule has 0 radical (unpaired) electrons. The molecule has 0 saturated carbocycles. The SMILES string of the molecule is O=C(OCCCCCCCCO)c1ccc(C(=O)OCCCCCCCCO)cc1. The fraction of sp³-hybridized carbons (Fsp3) is 0.667. The Morgan fingerprint density at radius 3 is 1.17 bits per heavy atom. The van der Waals surface area contributed by atoms with Gasteiger partial charge in [0.2, 0.25) is 0 Å². The van der Waals surface area contributed by atoms with Crippen molar-refractivity contribution in [3.63, 3.8) is 0 Å². The van der Waals surface area contributed by atoms with Crippen LogP contribution in [0.2, 0.25) is 0 Å². The third-order valence-electron chi connectivity index (χ3n) is 4.93. The van der Waals surface area contributed by atoms with Gasteiger partial charge in [-0.15, -0.1) is 0 Å². The summed E-state index contributed by atoms with van der Waals surface area (Å²) in [6.07, 6.45) is 11.8. The van der Waals surface area contributed by atoms with Crippen molar-refractivity contribution >= 4 is 11.9 Å². The molecule has 1 rings (SSSR count). The lowest BCUT2D eigenvalue weighted by molar-refractivity contribution is 0.0483. The van der Waals surface area contributed by atoms with Crippen LogP contribution in [0.4, 0.5) is 0 Å². The van der Waals surface area contributed by atoms with E-state index in [1.807, 2.05) is 0 Å². The molecule has 170 valence electrons. The summed E-state index contributed by atoms with van der Waals surface area (Å²) in [6, 6.07) is 6.37. The van der Waals surface area contributed by atoms with E-state index in [4.69, 9.17) is 19.7 Å². The van der Waals surface area contributed by atoms with Crippen molar-refractivity contribution in [2.45, 2.75) is 77.0 Å². The maximum Gasteiger partial charge on any atom is 0.338 e. The first kappa shape index (κ1) is 26.1. The zero-order valence-corrected chi connectivity index (χ0v) is 18.2. The minimum atomic E-state index is -0.378. The standard InChI is InChI=1S/C24H38O6/c25-17-9-5-1-3-7-11-19-29-23(27)21-13-15-22(16-14-21)24(28)30-20-12-8-4-2-6-10-18-26/h13-16,25-26H,1-12,17-20H2. The molecule has 1 aromatic rings. The van der Waals surface area contributed by atoms with E-state index in [2.05, 4.69) is 0 Å². The molecular weight excluding hydrogens is 384 g/mol. The highest BCUT2D eigenvalue weighted by atomic mass is 16.5. The average Bonchev–Trinajstić information content (AvgIpc) is 2.77. The van der Waals surface area contributed by atoms with Crippen LogP contribution in [0.25, 0.3) is 0 Å². The molecule has 0 amide bonds. The number of benzene rings is 1. The second-order valence-electron chi connectivity index (χ2n) is 7.54. The summed E-state index contributed by atoms with van der Waals surface area (Å²) in [5.74, 6) is -0.757. The molecule has 0 aliphatic carbocycles. The van der Waals surface area contributed by atoms with E-state index < -0.39 is 0 Å². The number of aliphatic hydroxyl groups excluding tert-OH is 2. The van der Waals surface area contributed by atoms with Gasteiger partial charge >= 0.3 is 11.9 Å². The molecule has 0 heterocycles. The average molecular weight is 423 g/mol. The molecule has 0 unspecified atom stereocenters. The molecule has 6 nitrogen and oxygen atoms in total. The monoisotopic (exact) mass is 422 g/mol. The van der Waals surface area contributed by atoms with Gasteiger partial charge in [-0.2, -0.15) is 0 Å². The van der Waals surface area contributed by atoms with Gasteiger partial charge in [-0.05, 0) is 49.9 Å². The van der Waals surface area contributed by atoms with E-state index in [1.54, 1.807) is 24.3 Å². The van der Waals surface area contributed by atoms with E-state index in [0.29, 0.717) is 24.3 Å². The van der Waals surface area contributed by atoms with E-state index in [9.17, 15) is 9.59 Å². The third kappa shape index (κ3) is 12.6. The molecule has 0 aliphatic rings. The smallest absolute Gasteiger partial charge is 0.338 e. The first-order valence-corrected chi connectivity index (χ1v) is 11.3. The number of unbranched alkanes of at least 4 members (excludes halogenated alkanes) is 10. The normalized spacial score (nSPS) is 10.7. The molecule has 0 aliphatic heterocycles. The van der Waals surface area contributed by atoms with Gasteiger partial charge in [0.15, 0.2) is 0 Å². The molecule has 0 atom stereocenters. The molecule has 0 fully saturated rings. The third-order valence-corrected chi connectivity index (χ3v) is 4.93. The van der Waals surface area contributed by atoms with Crippen molar-refractivity contribution in [1.82, 2.24) is 0 Å². The van der Waals surface area contributed by atoms with Gasteiger partial charge in [0.25, 0.3) is 0 Å². The lowest BCUT2D eigenvalue weighted by Gasteiger charge is -2.07. The van der Waals surface area contributed by atoms with Crippen molar-refractivity contribution < 1.29 is 29.3 Å². The predicted octanol–water partition coefficient (Wildman–Crippen LogP) is 4.67. The van der Waals surface area contributed by atoms with Crippen LogP contribution >= 0.6 is 0 Å². The Morgan fingerprint density at radius 2 is 0.833 bits per heavy atom. The van der Waals surface area contributed by atoms with Crippen LogP contribution in [0.5, 0.6) is 0 Å². The van der Waals surface area contributed by atoms with Gasteiger partial charge in [0, 0.05) is 13.2 Å². The zero-order chi connectivity index (χ0) is 21.9. The predicted molar refractivity (Wildman–Crippen MR) is 117 cm³/mol. The maximum absolute atomic E-state index is 12.1. The van der Waals surface area contributed by atoms with E-state index in [0.717, 1.165) is 77.0 Å². The molecule has 0 bridgehead atoms. The van der Waals surface area contributed by atoms with Gasteiger partial charge in [0.05, 0.1) is 24.3 Å². The largest absolute Gasteiger partial charge is 0.462 e. The molecule has 30 heavy (non-hydrogen) atoms. The van der Waals surface area contributed by atoms with Crippen LogP contribution in [-0.2, 0) is 9.47 Å². The second-order valence-corrected chi connectivity index (χ2v) is 7.54. The molecule has 2 N–H and O–H groups in total. The van der Waals surface area contributed by atoms with Gasteiger partial charge in [-0.1, -0.05) is 51.4 Å². The van der Waals surface area contributed by atoms with Crippen molar-refractivity contribution in [2.75, 3.05) is 26.4 Å². The highest BCUT2D eigenvalue weighted by Gasteiger charge is 2.11. The summed E-state index contributed by atoms with van der Waals surface area (Å²) >= 11 is 0. The number of carbonyl (C=O) groups excluding carboxylic acids is 2. The zero-order valence-electron chi connectivity index (χ0n) is 18.2. The van der Waals surface area contributed by atoms with Crippen LogP contribution < -0.4 is 0 Å². The summed E-state index contributed by atoms with van der Waals surface area (Å²) < 4.78 is 10.5. The first-order chi connectivity index (χ1) is 14.7. The van der Waals surface area contributed by atoms with Crippen LogP contribution in [0.1, 0.15) is 97.8 Å². The fourth-order valence-corrected chi connectivity index (χ4v) is 3.08. The van der Waals surface area contributed by atoms with Crippen molar-refractivity contribution in [3.05, 3.63) is 35.4 Å². The highest BCUT2D eigenvalue weighted by Crippen LogP contribution is 2.10. The quantitative estimate of drug-likeness (QED) is 0.264. The lowest BCUT2D eigenvalue weighted by Crippen LogP contribution is -2.09. The maximum atomic E-state index is 12.1. The lowest BCUT2D eigenvalue weighted by atomic mass is 10.1. The van der Waals surface area contributed by atoms with Crippen molar-refractivity contribution in [2.24, 2.45) is 0 Å². The van der Waals surface area contributed by atoms with Crippen LogP contribution in [0.15, 0.2) is 24.3 Å². The van der Waals surface area contributed by atoms with Gasteiger partial charge < -0.3 is 19.7 Å². The highest BCUT2D eigenvalue weighted by molar-refractivity contribution is 5.93. The minimum Gasteiger partial charge on any atom is -0.462 e. The number of aliphatic hydroxyl groups is 2. The van der Waals surface area contributed by atoms with Gasteiger partial charge in [-0.25, -0.2) is 9.59 Å². The number of hydrogen-bond donors (Lipinski definition) is 2. The van der Waals surface area contributed by atoms with Gasteiger partial charge in [0.1, 0.15) is 0 Å². The molecule has 1 aromatic carbocycles. The molecule has 6 heteroatoms. The van der Waals surface area contributed by atoms with E-state index >= 15 is 0 Å². The Morgan fingerprint density at radius 1 is 0.533 bits per heavy atom. The van der Waals surface area contributed by atoms with E-state index in [-0.39, 0.29) is 25.2 Å². The topological polar surface area (TPSA) is 93.1 Å². The van der Waals surface area contributed by atoms with E-state index in [1.165, 1.54) is 0 Å². The van der Waals surface area contributed by atoms with Crippen LogP contribution in [0, 0.1) is 0 Å². The Bertz CT molecular complexity index is 519. The number of esters is 2. The fourth-order valence-electron chi connectivity index (χ4n) is 3.08. The molecule has 0 saturated heterocycles. The Labute approximate surface area is 180 Å². The van der Waals surface area contributed by atoms with Crippen LogP contribution in [0.3, 0.4) is 0 Å². The van der Waals surface area contributed by atoms with Gasteiger partial charge in [-0.3, -0.25) is 0 Å². The van der Waals surface area contributed by atoms with Crippen molar-refractivity contribution in [1.29, 1.82) is 0 Å².